The van der Waals surface area contributed by atoms with Crippen LogP contribution in [0.4, 0.5) is 8.78 Å². The van der Waals surface area contributed by atoms with Gasteiger partial charge in [-0.25, -0.2) is 8.78 Å². The van der Waals surface area contributed by atoms with Gasteiger partial charge in [0, 0.05) is 38.3 Å². The van der Waals surface area contributed by atoms with Crippen molar-refractivity contribution >= 4 is 0 Å². The second kappa shape index (κ2) is 12.5. The molecule has 2 aromatic carbocycles. The van der Waals surface area contributed by atoms with Gasteiger partial charge < -0.3 is 10.1 Å². The van der Waals surface area contributed by atoms with E-state index in [0.29, 0.717) is 0 Å². The zero-order valence-electron chi connectivity index (χ0n) is 19.3. The Kier molecular flexibility index (Phi) is 9.99. The summed E-state index contributed by atoms with van der Waals surface area (Å²) in [5, 5.41) is 3.25. The minimum absolute atomic E-state index is 0.0568. The lowest BCUT2D eigenvalue weighted by atomic mass is 9.94. The summed E-state index contributed by atoms with van der Waals surface area (Å²) in [5.74, 6) is 0.733. The van der Waals surface area contributed by atoms with E-state index in [1.807, 2.05) is 33.8 Å². The molecule has 170 valence electrons. The van der Waals surface area contributed by atoms with Crippen molar-refractivity contribution < 1.29 is 13.5 Å². The number of halogens is 2. The highest BCUT2D eigenvalue weighted by molar-refractivity contribution is 5.45. The summed E-state index contributed by atoms with van der Waals surface area (Å²) in [6.07, 6.45) is -1.60. The maximum absolute atomic E-state index is 12.3. The lowest BCUT2D eigenvalue weighted by Gasteiger charge is -2.30. The molecule has 0 saturated heterocycles. The molecule has 0 unspecified atom stereocenters. The van der Waals surface area contributed by atoms with Crippen LogP contribution in [-0.2, 0) is 26.1 Å². The molecule has 3 nitrogen and oxygen atoms in total. The van der Waals surface area contributed by atoms with E-state index in [2.05, 4.69) is 47.1 Å². The highest BCUT2D eigenvalue weighted by Crippen LogP contribution is 2.30. The third kappa shape index (κ3) is 7.66. The first kappa shape index (κ1) is 24.9. The number of nitrogens with zero attached hydrogens (tertiary/aromatic N) is 1. The Morgan fingerprint density at radius 1 is 1.13 bits per heavy atom. The highest BCUT2D eigenvalue weighted by atomic mass is 19.3. The van der Waals surface area contributed by atoms with Crippen molar-refractivity contribution in [3.63, 3.8) is 0 Å². The van der Waals surface area contributed by atoms with E-state index in [1.54, 1.807) is 0 Å². The van der Waals surface area contributed by atoms with Gasteiger partial charge in [-0.2, -0.15) is 0 Å². The fourth-order valence-electron chi connectivity index (χ4n) is 3.70. The summed E-state index contributed by atoms with van der Waals surface area (Å²) in [7, 11) is 0. The summed E-state index contributed by atoms with van der Waals surface area (Å²) in [6.45, 7) is 15.5. The van der Waals surface area contributed by atoms with Crippen LogP contribution in [0.25, 0.3) is 0 Å². The number of hydrogen-bond acceptors (Lipinski definition) is 3. The summed E-state index contributed by atoms with van der Waals surface area (Å²) in [4.78, 5) is 2.44. The van der Waals surface area contributed by atoms with Crippen molar-refractivity contribution in [3.05, 3.63) is 76.5 Å². The molecule has 3 rings (SSSR count). The zero-order chi connectivity index (χ0) is 22.8. The van der Waals surface area contributed by atoms with E-state index < -0.39 is 6.43 Å². The first-order valence-corrected chi connectivity index (χ1v) is 11.1. The SMILES string of the molecule is C=C(C)NCc1ccc(CN2CCc3c(ccc(OCCC(F)F)c3C)C2)cc1.CC. The maximum Gasteiger partial charge on any atom is 0.241 e. The van der Waals surface area contributed by atoms with Crippen LogP contribution in [0.1, 0.15) is 55.0 Å². The Bertz CT molecular complexity index is 834. The third-order valence-electron chi connectivity index (χ3n) is 5.33. The molecule has 0 atom stereocenters. The van der Waals surface area contributed by atoms with Crippen molar-refractivity contribution in [1.29, 1.82) is 0 Å². The molecule has 0 bridgehead atoms. The molecule has 1 aliphatic heterocycles. The number of hydrogen-bond donors (Lipinski definition) is 1. The molecule has 1 heterocycles. The minimum Gasteiger partial charge on any atom is -0.493 e. The topological polar surface area (TPSA) is 24.5 Å². The van der Waals surface area contributed by atoms with Gasteiger partial charge in [0.2, 0.25) is 6.43 Å². The smallest absolute Gasteiger partial charge is 0.241 e. The number of nitrogens with one attached hydrogen (secondary N) is 1. The van der Waals surface area contributed by atoms with E-state index >= 15 is 0 Å². The monoisotopic (exact) mass is 430 g/mol. The van der Waals surface area contributed by atoms with E-state index in [0.717, 1.165) is 49.6 Å². The molecule has 0 aromatic heterocycles. The third-order valence-corrected chi connectivity index (χ3v) is 5.33. The van der Waals surface area contributed by atoms with Crippen LogP contribution in [-0.4, -0.2) is 24.5 Å². The number of rotatable bonds is 9. The highest BCUT2D eigenvalue weighted by Gasteiger charge is 2.20. The number of ether oxygens (including phenoxy) is 1. The number of benzene rings is 2. The molecule has 31 heavy (non-hydrogen) atoms. The second-order valence-corrected chi connectivity index (χ2v) is 7.77. The standard InChI is InChI=1S/C24H30F2N2O.C2H6/c1-17(2)27-14-19-4-6-20(7-5-19)15-28-12-10-22-18(3)23(9-8-21(22)16-28)29-13-11-24(25)26;1-2/h4-9,24,27H,1,10-16H2,2-3H3;1-2H3. The van der Waals surface area contributed by atoms with Gasteiger partial charge in [-0.3, -0.25) is 4.90 Å². The quantitative estimate of drug-likeness (QED) is 0.510. The molecule has 1 N–H and O–H groups in total. The van der Waals surface area contributed by atoms with E-state index in [1.165, 1.54) is 22.3 Å². The summed E-state index contributed by atoms with van der Waals surface area (Å²) < 4.78 is 30.2. The summed E-state index contributed by atoms with van der Waals surface area (Å²) in [5.41, 5.74) is 7.21. The van der Waals surface area contributed by atoms with Crippen molar-refractivity contribution in [1.82, 2.24) is 10.2 Å². The van der Waals surface area contributed by atoms with E-state index in [9.17, 15) is 8.78 Å². The van der Waals surface area contributed by atoms with Crippen LogP contribution in [0.5, 0.6) is 5.75 Å². The van der Waals surface area contributed by atoms with Crippen LogP contribution in [0, 0.1) is 6.92 Å². The molecule has 0 spiro atoms. The molecule has 0 aliphatic carbocycles. The minimum atomic E-state index is -2.32. The van der Waals surface area contributed by atoms with Crippen molar-refractivity contribution in [2.45, 2.75) is 66.6 Å². The lowest BCUT2D eigenvalue weighted by Crippen LogP contribution is -2.30. The second-order valence-electron chi connectivity index (χ2n) is 7.77. The summed E-state index contributed by atoms with van der Waals surface area (Å²) in [6, 6.07) is 12.7. The van der Waals surface area contributed by atoms with Gasteiger partial charge >= 0.3 is 0 Å². The Labute approximate surface area is 186 Å². The van der Waals surface area contributed by atoms with Gasteiger partial charge in [0.25, 0.3) is 0 Å². The van der Waals surface area contributed by atoms with Gasteiger partial charge in [0.1, 0.15) is 5.75 Å². The molecule has 0 fully saturated rings. The van der Waals surface area contributed by atoms with Crippen LogP contribution < -0.4 is 10.1 Å². The van der Waals surface area contributed by atoms with Gasteiger partial charge in [-0.1, -0.05) is 50.8 Å². The molecule has 5 heteroatoms. The Morgan fingerprint density at radius 2 is 1.81 bits per heavy atom. The van der Waals surface area contributed by atoms with Crippen molar-refractivity contribution in [3.8, 4) is 5.75 Å². The van der Waals surface area contributed by atoms with Crippen LogP contribution in [0.15, 0.2) is 48.7 Å². The fraction of sp³-hybridized carbons (Fsp3) is 0.462. The van der Waals surface area contributed by atoms with Crippen molar-refractivity contribution in [2.75, 3.05) is 13.2 Å². The first-order chi connectivity index (χ1) is 14.9. The number of alkyl halides is 2. The number of allylic oxidation sites excluding steroid dienone is 1. The Hall–Kier alpha value is -2.40. The van der Waals surface area contributed by atoms with Crippen LogP contribution in [0.3, 0.4) is 0 Å². The van der Waals surface area contributed by atoms with Crippen molar-refractivity contribution in [2.24, 2.45) is 0 Å². The maximum atomic E-state index is 12.3. The summed E-state index contributed by atoms with van der Waals surface area (Å²) >= 11 is 0. The van der Waals surface area contributed by atoms with E-state index in [4.69, 9.17) is 4.74 Å². The molecule has 0 radical (unpaired) electrons. The van der Waals surface area contributed by atoms with Crippen LogP contribution >= 0.6 is 0 Å². The molecular weight excluding hydrogens is 394 g/mol. The predicted octanol–water partition coefficient (Wildman–Crippen LogP) is 6.24. The lowest BCUT2D eigenvalue weighted by molar-refractivity contribution is 0.114. The van der Waals surface area contributed by atoms with Gasteiger partial charge in [0.05, 0.1) is 6.61 Å². The van der Waals surface area contributed by atoms with Gasteiger partial charge in [-0.05, 0) is 54.2 Å². The average Bonchev–Trinajstić information content (AvgIpc) is 2.76. The van der Waals surface area contributed by atoms with Gasteiger partial charge in [0.15, 0.2) is 0 Å². The molecule has 1 aliphatic rings. The van der Waals surface area contributed by atoms with E-state index in [-0.39, 0.29) is 13.0 Å². The fourth-order valence-corrected chi connectivity index (χ4v) is 3.70. The molecule has 0 amide bonds. The zero-order valence-corrected chi connectivity index (χ0v) is 19.3. The normalized spacial score (nSPS) is 13.3. The molecule has 2 aromatic rings. The number of fused-ring (bicyclic) bond motifs is 1. The first-order valence-electron chi connectivity index (χ1n) is 11.1. The van der Waals surface area contributed by atoms with Gasteiger partial charge in [-0.15, -0.1) is 0 Å². The van der Waals surface area contributed by atoms with Crippen LogP contribution in [0.2, 0.25) is 0 Å². The molecular formula is C26H36F2N2O. The Morgan fingerprint density at radius 3 is 2.45 bits per heavy atom. The average molecular weight is 431 g/mol. The Balaban J connectivity index is 0.00000166. The molecule has 0 saturated carbocycles. The largest absolute Gasteiger partial charge is 0.493 e. The predicted molar refractivity (Wildman–Crippen MR) is 125 cm³/mol.